The van der Waals surface area contributed by atoms with Crippen LogP contribution >= 0.6 is 0 Å². The smallest absolute Gasteiger partial charge is 0.237 e. The maximum Gasteiger partial charge on any atom is 0.237 e. The van der Waals surface area contributed by atoms with Crippen LogP contribution in [-0.4, -0.2) is 92.5 Å². The topological polar surface area (TPSA) is 56.8 Å². The van der Waals surface area contributed by atoms with E-state index in [1.807, 2.05) is 0 Å². The van der Waals surface area contributed by atoms with Crippen molar-refractivity contribution < 1.29 is 13.9 Å². The zero-order valence-corrected chi connectivity index (χ0v) is 18.8. The van der Waals surface area contributed by atoms with Crippen molar-refractivity contribution in [2.75, 3.05) is 46.4 Å². The number of alkyl halides is 1. The van der Waals surface area contributed by atoms with Crippen molar-refractivity contribution in [2.24, 2.45) is 11.8 Å². The molecule has 0 bridgehead atoms. The Morgan fingerprint density at radius 2 is 1.93 bits per heavy atom. The molecule has 0 aromatic heterocycles. The molecule has 0 aromatic rings. The maximum absolute atomic E-state index is 14.4. The Hall–Kier alpha value is -0.760. The van der Waals surface area contributed by atoms with Crippen molar-refractivity contribution in [3.05, 3.63) is 0 Å². The number of nitrogens with one attached hydrogen (secondary N) is 2. The Kier molecular flexibility index (Phi) is 7.66. The number of rotatable bonds is 6. The van der Waals surface area contributed by atoms with Crippen molar-refractivity contribution >= 4 is 5.91 Å². The van der Waals surface area contributed by atoms with Gasteiger partial charge in [0.05, 0.1) is 12.6 Å². The molecule has 0 spiro atoms. The molecule has 4 fully saturated rings. The molecule has 2 N–H and O–H groups in total. The number of fused-ring (bicyclic) bond motifs is 1. The molecular weight excluding hydrogens is 383 g/mol. The van der Waals surface area contributed by atoms with E-state index < -0.39 is 6.17 Å². The second-order valence-corrected chi connectivity index (χ2v) is 10.1. The van der Waals surface area contributed by atoms with Gasteiger partial charge in [0.15, 0.2) is 0 Å². The van der Waals surface area contributed by atoms with Crippen molar-refractivity contribution in [2.45, 2.75) is 82.2 Å². The average Bonchev–Trinajstić information content (AvgIpc) is 3.23. The second kappa shape index (κ2) is 10.2. The van der Waals surface area contributed by atoms with Crippen LogP contribution in [0.4, 0.5) is 4.39 Å². The van der Waals surface area contributed by atoms with E-state index in [1.54, 1.807) is 7.11 Å². The average molecular weight is 425 g/mol. The van der Waals surface area contributed by atoms with Gasteiger partial charge in [-0.3, -0.25) is 14.6 Å². The molecule has 4 aliphatic rings. The number of hydrogen-bond donors (Lipinski definition) is 2. The lowest BCUT2D eigenvalue weighted by Crippen LogP contribution is -2.54. The highest BCUT2D eigenvalue weighted by Gasteiger charge is 2.46. The van der Waals surface area contributed by atoms with Gasteiger partial charge in [0.2, 0.25) is 5.91 Å². The van der Waals surface area contributed by atoms with E-state index in [1.165, 1.54) is 12.8 Å². The van der Waals surface area contributed by atoms with Crippen molar-refractivity contribution in [1.29, 1.82) is 0 Å². The molecule has 7 unspecified atom stereocenters. The molecule has 2 aliphatic carbocycles. The van der Waals surface area contributed by atoms with Crippen molar-refractivity contribution in [1.82, 2.24) is 20.4 Å². The molecule has 2 saturated heterocycles. The van der Waals surface area contributed by atoms with Crippen LogP contribution in [-0.2, 0) is 9.53 Å². The monoisotopic (exact) mass is 424 g/mol. The highest BCUT2D eigenvalue weighted by molar-refractivity contribution is 5.82. The molecule has 7 atom stereocenters. The second-order valence-electron chi connectivity index (χ2n) is 10.1. The van der Waals surface area contributed by atoms with Crippen LogP contribution in [0.15, 0.2) is 0 Å². The lowest BCUT2D eigenvalue weighted by Gasteiger charge is -2.42. The van der Waals surface area contributed by atoms with Crippen LogP contribution in [0.25, 0.3) is 0 Å². The van der Waals surface area contributed by atoms with E-state index >= 15 is 0 Å². The summed E-state index contributed by atoms with van der Waals surface area (Å²) in [5.74, 6) is 0.568. The third kappa shape index (κ3) is 5.17. The Balaban J connectivity index is 1.24. The van der Waals surface area contributed by atoms with Crippen LogP contribution in [0, 0.1) is 11.8 Å². The maximum atomic E-state index is 14.4. The summed E-state index contributed by atoms with van der Waals surface area (Å²) in [6.45, 7) is 8.44. The van der Waals surface area contributed by atoms with E-state index in [4.69, 9.17) is 4.74 Å². The predicted molar refractivity (Wildman–Crippen MR) is 116 cm³/mol. The molecule has 0 aromatic carbocycles. The van der Waals surface area contributed by atoms with Crippen LogP contribution in [0.2, 0.25) is 0 Å². The quantitative estimate of drug-likeness (QED) is 0.681. The zero-order valence-electron chi connectivity index (χ0n) is 18.8. The summed E-state index contributed by atoms with van der Waals surface area (Å²) in [5.41, 5.74) is 0. The molecule has 30 heavy (non-hydrogen) atoms. The molecule has 6 nitrogen and oxygen atoms in total. The van der Waals surface area contributed by atoms with Gasteiger partial charge in [-0.05, 0) is 50.9 Å². The summed E-state index contributed by atoms with van der Waals surface area (Å²) >= 11 is 0. The Labute approximate surface area is 181 Å². The Morgan fingerprint density at radius 3 is 2.67 bits per heavy atom. The molecule has 1 amide bonds. The minimum absolute atomic E-state index is 0.0120. The summed E-state index contributed by atoms with van der Waals surface area (Å²) < 4.78 is 19.6. The molecule has 2 heterocycles. The van der Waals surface area contributed by atoms with Gasteiger partial charge in [-0.15, -0.1) is 0 Å². The van der Waals surface area contributed by atoms with Crippen molar-refractivity contribution in [3.63, 3.8) is 0 Å². The number of halogens is 1. The van der Waals surface area contributed by atoms with Crippen LogP contribution in [0.5, 0.6) is 0 Å². The summed E-state index contributed by atoms with van der Waals surface area (Å²) in [6.07, 6.45) is 6.00. The molecule has 7 heteroatoms. The van der Waals surface area contributed by atoms with Crippen LogP contribution < -0.4 is 10.6 Å². The van der Waals surface area contributed by atoms with E-state index in [0.717, 1.165) is 58.6 Å². The van der Waals surface area contributed by atoms with E-state index in [0.29, 0.717) is 24.8 Å². The first-order chi connectivity index (χ1) is 14.5. The third-order valence-corrected chi connectivity index (χ3v) is 8.18. The first kappa shape index (κ1) is 22.4. The molecule has 4 rings (SSSR count). The first-order valence-corrected chi connectivity index (χ1v) is 12.2. The van der Waals surface area contributed by atoms with Crippen LogP contribution in [0.1, 0.15) is 51.9 Å². The number of piperazine rings is 1. The number of carbonyl (C=O) groups excluding carboxylic acids is 1. The standard InChI is InChI=1S/C23H41FN4O2/c1-16-6-7-20(24)19-15-21(26-22(16)19)23(29)25-17-4-3-5-18(14-17)28-10-8-27(9-11-28)12-13-30-2/h16-22,26H,3-15H2,1-2H3,(H,25,29). The molecular formula is C23H41FN4O2. The highest BCUT2D eigenvalue weighted by atomic mass is 19.1. The number of carbonyl (C=O) groups is 1. The Morgan fingerprint density at radius 1 is 1.13 bits per heavy atom. The third-order valence-electron chi connectivity index (χ3n) is 8.18. The molecule has 2 saturated carbocycles. The van der Waals surface area contributed by atoms with E-state index in [-0.39, 0.29) is 30.0 Å². The molecule has 172 valence electrons. The summed E-state index contributed by atoms with van der Waals surface area (Å²) in [4.78, 5) is 18.1. The fraction of sp³-hybridized carbons (Fsp3) is 0.957. The van der Waals surface area contributed by atoms with Gasteiger partial charge >= 0.3 is 0 Å². The van der Waals surface area contributed by atoms with Gasteiger partial charge in [-0.25, -0.2) is 4.39 Å². The fourth-order valence-corrected chi connectivity index (χ4v) is 6.30. The van der Waals surface area contributed by atoms with E-state index in [2.05, 4.69) is 27.4 Å². The largest absolute Gasteiger partial charge is 0.383 e. The van der Waals surface area contributed by atoms with Crippen molar-refractivity contribution in [3.8, 4) is 0 Å². The van der Waals surface area contributed by atoms with Crippen LogP contribution in [0.3, 0.4) is 0 Å². The van der Waals surface area contributed by atoms with Gasteiger partial charge in [-0.2, -0.15) is 0 Å². The minimum atomic E-state index is -0.752. The molecule has 0 radical (unpaired) electrons. The van der Waals surface area contributed by atoms with Gasteiger partial charge < -0.3 is 15.4 Å². The number of ether oxygens (including phenoxy) is 1. The number of amides is 1. The molecule has 2 aliphatic heterocycles. The summed E-state index contributed by atoms with van der Waals surface area (Å²) in [5, 5.41) is 6.81. The van der Waals surface area contributed by atoms with Gasteiger partial charge in [0, 0.05) is 63.9 Å². The van der Waals surface area contributed by atoms with Gasteiger partial charge in [0.25, 0.3) is 0 Å². The van der Waals surface area contributed by atoms with Gasteiger partial charge in [0.1, 0.15) is 6.17 Å². The SMILES string of the molecule is COCCN1CCN(C2CCCC(NC(=O)C3CC4C(F)CCC(C)C4N3)C2)CC1. The fourth-order valence-electron chi connectivity index (χ4n) is 6.30. The van der Waals surface area contributed by atoms with E-state index in [9.17, 15) is 9.18 Å². The normalized spacial score (nSPS) is 40.8. The summed E-state index contributed by atoms with van der Waals surface area (Å²) in [7, 11) is 1.76. The number of methoxy groups -OCH3 is 1. The highest BCUT2D eigenvalue weighted by Crippen LogP contribution is 2.38. The number of hydrogen-bond acceptors (Lipinski definition) is 5. The first-order valence-electron chi connectivity index (χ1n) is 12.2. The number of nitrogens with zero attached hydrogens (tertiary/aromatic N) is 2. The predicted octanol–water partition coefficient (Wildman–Crippen LogP) is 1.79. The van der Waals surface area contributed by atoms with Gasteiger partial charge in [-0.1, -0.05) is 6.92 Å². The lowest BCUT2D eigenvalue weighted by molar-refractivity contribution is -0.124. The zero-order chi connectivity index (χ0) is 21.1. The lowest BCUT2D eigenvalue weighted by atomic mass is 9.77. The summed E-state index contributed by atoms with van der Waals surface area (Å²) in [6, 6.07) is 0.773. The Bertz CT molecular complexity index is 553. The minimum Gasteiger partial charge on any atom is -0.383 e.